The molecule has 2 heterocycles. The predicted octanol–water partition coefficient (Wildman–Crippen LogP) is -0.192. The first-order chi connectivity index (χ1) is 14.0. The summed E-state index contributed by atoms with van der Waals surface area (Å²) >= 11 is 0.577. The predicted molar refractivity (Wildman–Crippen MR) is 108 cm³/mol. The summed E-state index contributed by atoms with van der Waals surface area (Å²) in [6.07, 6.45) is 0.493. The molecule has 0 radical (unpaired) electrons. The van der Waals surface area contributed by atoms with Crippen LogP contribution in [0.1, 0.15) is 31.9 Å². The molecule has 11 nitrogen and oxygen atoms in total. The Hall–Kier alpha value is -1.58. The van der Waals surface area contributed by atoms with Crippen LogP contribution in [-0.2, 0) is 39.1 Å². The summed E-state index contributed by atoms with van der Waals surface area (Å²) in [6, 6.07) is 0.867. The summed E-state index contributed by atoms with van der Waals surface area (Å²) in [5, 5.41) is 3.17. The second kappa shape index (κ2) is 10.2. The molecular formula is C16H25N3O8S3. The van der Waals surface area contributed by atoms with Gasteiger partial charge in [-0.2, -0.15) is 4.31 Å². The van der Waals surface area contributed by atoms with E-state index in [1.54, 1.807) is 4.72 Å². The quantitative estimate of drug-likeness (QED) is 0.341. The molecule has 0 unspecified atom stereocenters. The smallest absolute Gasteiger partial charge is 0.303 e. The van der Waals surface area contributed by atoms with Crippen LogP contribution >= 0.6 is 11.3 Å². The Balaban J connectivity index is 2.34. The molecule has 14 heteroatoms. The number of rotatable bonds is 10. The first kappa shape index (κ1) is 24.7. The zero-order valence-electron chi connectivity index (χ0n) is 16.8. The van der Waals surface area contributed by atoms with Gasteiger partial charge in [0.05, 0.1) is 0 Å². The van der Waals surface area contributed by atoms with E-state index in [-0.39, 0.29) is 21.5 Å². The number of esters is 1. The largest absolute Gasteiger partial charge is 0.456 e. The van der Waals surface area contributed by atoms with E-state index in [2.05, 4.69) is 10.1 Å². The lowest BCUT2D eigenvalue weighted by Crippen LogP contribution is -2.43. The maximum Gasteiger partial charge on any atom is 0.303 e. The number of likely N-dealkylation sites (N-methyl/N-ethyl adjacent to an activating group) is 1. The molecule has 1 aromatic rings. The highest BCUT2D eigenvalue weighted by Gasteiger charge is 2.40. The molecule has 1 aromatic heterocycles. The fourth-order valence-electron chi connectivity index (χ4n) is 2.87. The van der Waals surface area contributed by atoms with Crippen molar-refractivity contribution in [3.63, 3.8) is 0 Å². The lowest BCUT2D eigenvalue weighted by atomic mass is 10.1. The van der Waals surface area contributed by atoms with Gasteiger partial charge in [0.2, 0.25) is 0 Å². The summed E-state index contributed by atoms with van der Waals surface area (Å²) in [7, 11) is -6.70. The van der Waals surface area contributed by atoms with Crippen LogP contribution in [0.4, 0.5) is 0 Å². The third-order valence-electron chi connectivity index (χ3n) is 4.16. The molecule has 0 aliphatic carbocycles. The van der Waals surface area contributed by atoms with Crippen LogP contribution in [0, 0.1) is 0 Å². The van der Waals surface area contributed by atoms with Gasteiger partial charge in [0.15, 0.2) is 6.61 Å². The van der Waals surface area contributed by atoms with Crippen LogP contribution in [0.2, 0.25) is 0 Å². The molecule has 0 fully saturated rings. The van der Waals surface area contributed by atoms with E-state index in [0.717, 1.165) is 6.92 Å². The number of nitrogens with zero attached hydrogens (tertiary/aromatic N) is 1. The van der Waals surface area contributed by atoms with Crippen molar-refractivity contribution in [3.05, 3.63) is 11.6 Å². The number of nitrogens with one attached hydrogen (secondary N) is 2. The molecule has 30 heavy (non-hydrogen) atoms. The fraction of sp³-hybridized carbons (Fsp3) is 0.625. The van der Waals surface area contributed by atoms with E-state index in [1.807, 2.05) is 6.92 Å². The standard InChI is InChI=1S/C16H25N3O8S3/c1-4-17-13-9-19(6-5-7-26-3)30(24,25)16-12(13)8-15(28-16)29(22,23)18-14(21)10-27-11(2)20/h8,13,17H,4-7,9-10H2,1-3H3,(H,18,21)/t13-/m0/s1. The molecule has 2 rings (SSSR count). The summed E-state index contributed by atoms with van der Waals surface area (Å²) in [6.45, 7) is 3.51. The lowest BCUT2D eigenvalue weighted by molar-refractivity contribution is -0.145. The topological polar surface area (TPSA) is 148 Å². The Morgan fingerprint density at radius 1 is 1.37 bits per heavy atom. The third kappa shape index (κ3) is 5.76. The summed E-state index contributed by atoms with van der Waals surface area (Å²) in [4.78, 5) is 22.5. The maximum absolute atomic E-state index is 13.0. The van der Waals surface area contributed by atoms with Gasteiger partial charge in [-0.25, -0.2) is 21.6 Å². The number of hydrogen-bond acceptors (Lipinski definition) is 10. The van der Waals surface area contributed by atoms with Crippen molar-refractivity contribution in [2.45, 2.75) is 34.7 Å². The van der Waals surface area contributed by atoms with E-state index in [0.29, 0.717) is 36.5 Å². The monoisotopic (exact) mass is 483 g/mol. The summed E-state index contributed by atoms with van der Waals surface area (Å²) in [5.74, 6) is -1.77. The molecule has 0 saturated carbocycles. The van der Waals surface area contributed by atoms with Gasteiger partial charge in [0.25, 0.3) is 26.0 Å². The van der Waals surface area contributed by atoms with E-state index in [9.17, 15) is 26.4 Å². The molecule has 0 bridgehead atoms. The Bertz CT molecular complexity index is 987. The molecule has 170 valence electrons. The maximum atomic E-state index is 13.0. The Kier molecular flexibility index (Phi) is 8.35. The third-order valence-corrected chi connectivity index (χ3v) is 9.55. The van der Waals surface area contributed by atoms with Crippen molar-refractivity contribution >= 4 is 43.3 Å². The van der Waals surface area contributed by atoms with Crippen LogP contribution in [-0.4, -0.2) is 73.0 Å². The minimum absolute atomic E-state index is 0.0788. The van der Waals surface area contributed by atoms with Crippen molar-refractivity contribution in [2.75, 3.05) is 40.0 Å². The summed E-state index contributed by atoms with van der Waals surface area (Å²) < 4.78 is 63.3. The first-order valence-corrected chi connectivity index (χ1v) is 12.8. The molecule has 0 aromatic carbocycles. The van der Waals surface area contributed by atoms with Crippen LogP contribution in [0.25, 0.3) is 0 Å². The highest BCUT2D eigenvalue weighted by molar-refractivity contribution is 7.94. The Labute approximate surface area is 179 Å². The van der Waals surface area contributed by atoms with Crippen molar-refractivity contribution < 1.29 is 35.9 Å². The minimum atomic E-state index is -4.33. The number of thiophene rings is 1. The van der Waals surface area contributed by atoms with Crippen LogP contribution in [0.3, 0.4) is 0 Å². The molecular weight excluding hydrogens is 458 g/mol. The second-order valence-corrected chi connectivity index (χ2v) is 11.5. The van der Waals surface area contributed by atoms with E-state index >= 15 is 0 Å². The molecule has 1 aliphatic rings. The van der Waals surface area contributed by atoms with Crippen molar-refractivity contribution in [1.29, 1.82) is 0 Å². The van der Waals surface area contributed by atoms with Gasteiger partial charge in [-0.15, -0.1) is 11.3 Å². The number of sulfonamides is 2. The highest BCUT2D eigenvalue weighted by Crippen LogP contribution is 2.40. The molecule has 1 aliphatic heterocycles. The fourth-order valence-corrected chi connectivity index (χ4v) is 7.73. The Morgan fingerprint density at radius 3 is 2.67 bits per heavy atom. The van der Waals surface area contributed by atoms with Gasteiger partial charge in [0, 0.05) is 45.3 Å². The van der Waals surface area contributed by atoms with Crippen molar-refractivity contribution in [1.82, 2.24) is 14.3 Å². The molecule has 1 atom stereocenters. The van der Waals surface area contributed by atoms with Gasteiger partial charge in [-0.05, 0) is 19.0 Å². The van der Waals surface area contributed by atoms with E-state index in [4.69, 9.17) is 4.74 Å². The summed E-state index contributed by atoms with van der Waals surface area (Å²) in [5.41, 5.74) is 0.345. The lowest BCUT2D eigenvalue weighted by Gasteiger charge is -2.32. The average Bonchev–Trinajstić information content (AvgIpc) is 3.11. The van der Waals surface area contributed by atoms with E-state index < -0.39 is 44.6 Å². The second-order valence-electron chi connectivity index (χ2n) is 6.44. The zero-order chi connectivity index (χ0) is 22.5. The Morgan fingerprint density at radius 2 is 2.07 bits per heavy atom. The van der Waals surface area contributed by atoms with E-state index in [1.165, 1.54) is 17.5 Å². The number of fused-ring (bicyclic) bond motifs is 1. The number of amides is 1. The van der Waals surface area contributed by atoms with Gasteiger partial charge in [-0.3, -0.25) is 9.59 Å². The molecule has 1 amide bonds. The normalized spacial score (nSPS) is 18.6. The highest BCUT2D eigenvalue weighted by atomic mass is 32.3. The molecule has 0 saturated heterocycles. The first-order valence-electron chi connectivity index (χ1n) is 9.08. The van der Waals surface area contributed by atoms with Crippen LogP contribution < -0.4 is 10.0 Å². The number of ether oxygens (including phenoxy) is 2. The average molecular weight is 484 g/mol. The molecule has 0 spiro atoms. The number of carbonyl (C=O) groups excluding carboxylic acids is 2. The van der Waals surface area contributed by atoms with Gasteiger partial charge >= 0.3 is 5.97 Å². The molecule has 2 N–H and O–H groups in total. The van der Waals surface area contributed by atoms with Gasteiger partial charge in [0.1, 0.15) is 8.42 Å². The zero-order valence-corrected chi connectivity index (χ0v) is 19.3. The van der Waals surface area contributed by atoms with Crippen LogP contribution in [0.15, 0.2) is 14.5 Å². The van der Waals surface area contributed by atoms with Gasteiger partial charge in [-0.1, -0.05) is 6.92 Å². The number of carbonyl (C=O) groups is 2. The van der Waals surface area contributed by atoms with Crippen LogP contribution in [0.5, 0.6) is 0 Å². The van der Waals surface area contributed by atoms with Crippen molar-refractivity contribution in [3.8, 4) is 0 Å². The minimum Gasteiger partial charge on any atom is -0.456 e. The SMILES string of the molecule is CCN[C@H]1CN(CCCOC)S(=O)(=O)c2sc(S(=O)(=O)NC(=O)COC(C)=O)cc21. The van der Waals surface area contributed by atoms with Gasteiger partial charge < -0.3 is 14.8 Å². The van der Waals surface area contributed by atoms with Crippen molar-refractivity contribution in [2.24, 2.45) is 0 Å². The number of methoxy groups -OCH3 is 1. The number of hydrogen-bond donors (Lipinski definition) is 2.